The van der Waals surface area contributed by atoms with Crippen LogP contribution in [0.25, 0.3) is 0 Å². The van der Waals surface area contributed by atoms with Gasteiger partial charge in [-0.3, -0.25) is 0 Å². The van der Waals surface area contributed by atoms with E-state index in [4.69, 9.17) is 11.6 Å². The first-order valence-electron chi connectivity index (χ1n) is 7.40. The lowest BCUT2D eigenvalue weighted by Crippen LogP contribution is -2.31. The normalized spacial score (nSPS) is 19.8. The molecule has 1 aromatic rings. The van der Waals surface area contributed by atoms with E-state index in [1.165, 1.54) is 37.7 Å². The second-order valence-electron chi connectivity index (χ2n) is 6.47. The first-order chi connectivity index (χ1) is 9.02. The van der Waals surface area contributed by atoms with Crippen molar-refractivity contribution in [3.8, 4) is 0 Å². The summed E-state index contributed by atoms with van der Waals surface area (Å²) in [6.07, 6.45) is 7.60. The van der Waals surface area contributed by atoms with Crippen LogP contribution in [0.3, 0.4) is 0 Å². The molecule has 0 heterocycles. The zero-order valence-corrected chi connectivity index (χ0v) is 14.3. The molecule has 2 rings (SSSR count). The summed E-state index contributed by atoms with van der Waals surface area (Å²) < 4.78 is 1.15. The SMILES string of the molecule is CC(C)CC1(C(Cl)Cc2cccc(Br)c2)CCCC1. The van der Waals surface area contributed by atoms with Crippen molar-refractivity contribution >= 4 is 27.5 Å². The maximum absolute atomic E-state index is 6.86. The van der Waals surface area contributed by atoms with Gasteiger partial charge in [-0.25, -0.2) is 0 Å². The van der Waals surface area contributed by atoms with Gasteiger partial charge in [0.25, 0.3) is 0 Å². The molecule has 0 aromatic heterocycles. The third-order valence-corrected chi connectivity index (χ3v) is 5.49. The summed E-state index contributed by atoms with van der Waals surface area (Å²) in [5, 5.41) is 0.270. The Morgan fingerprint density at radius 3 is 2.53 bits per heavy atom. The monoisotopic (exact) mass is 342 g/mol. The number of alkyl halides is 1. The zero-order valence-electron chi connectivity index (χ0n) is 12.0. The van der Waals surface area contributed by atoms with Crippen LogP contribution in [-0.2, 0) is 6.42 Å². The number of hydrogen-bond acceptors (Lipinski definition) is 0. The Bertz CT molecular complexity index is 407. The smallest absolute Gasteiger partial charge is 0.0432 e. The minimum absolute atomic E-state index is 0.270. The molecule has 1 atom stereocenters. The van der Waals surface area contributed by atoms with Crippen LogP contribution in [0.1, 0.15) is 51.5 Å². The summed E-state index contributed by atoms with van der Waals surface area (Å²) in [4.78, 5) is 0. The van der Waals surface area contributed by atoms with E-state index in [0.717, 1.165) is 16.8 Å². The van der Waals surface area contributed by atoms with Crippen molar-refractivity contribution in [2.45, 2.75) is 57.7 Å². The summed E-state index contributed by atoms with van der Waals surface area (Å²) in [5.41, 5.74) is 1.72. The van der Waals surface area contributed by atoms with Gasteiger partial charge in [-0.15, -0.1) is 11.6 Å². The molecular formula is C17H24BrCl. The third-order valence-electron chi connectivity index (χ3n) is 4.38. The average Bonchev–Trinajstić information content (AvgIpc) is 2.78. The van der Waals surface area contributed by atoms with Crippen molar-refractivity contribution in [1.82, 2.24) is 0 Å². The third kappa shape index (κ3) is 3.98. The van der Waals surface area contributed by atoms with Crippen molar-refractivity contribution in [3.63, 3.8) is 0 Å². The molecule has 1 aliphatic rings. The van der Waals surface area contributed by atoms with Gasteiger partial charge in [-0.05, 0) is 54.7 Å². The van der Waals surface area contributed by atoms with E-state index in [1.807, 2.05) is 0 Å². The van der Waals surface area contributed by atoms with Gasteiger partial charge in [0.15, 0.2) is 0 Å². The molecule has 1 fully saturated rings. The largest absolute Gasteiger partial charge is 0.122 e. The molecule has 0 bridgehead atoms. The molecule has 0 N–H and O–H groups in total. The van der Waals surface area contributed by atoms with E-state index in [1.54, 1.807) is 0 Å². The first-order valence-corrected chi connectivity index (χ1v) is 8.63. The van der Waals surface area contributed by atoms with Gasteiger partial charge < -0.3 is 0 Å². The minimum atomic E-state index is 0.270. The molecule has 0 radical (unpaired) electrons. The standard InChI is InChI=1S/C17H24BrCl/c1-13(2)12-17(8-3-4-9-17)16(19)11-14-6-5-7-15(18)10-14/h5-7,10,13,16H,3-4,8-9,11-12H2,1-2H3. The Hall–Kier alpha value is -0.0100. The maximum Gasteiger partial charge on any atom is 0.0432 e. The molecule has 1 saturated carbocycles. The molecule has 0 nitrogen and oxygen atoms in total. The fraction of sp³-hybridized carbons (Fsp3) is 0.647. The van der Waals surface area contributed by atoms with Crippen LogP contribution < -0.4 is 0 Å². The molecule has 2 heteroatoms. The second-order valence-corrected chi connectivity index (χ2v) is 7.91. The molecule has 1 aliphatic carbocycles. The number of halogens is 2. The summed E-state index contributed by atoms with van der Waals surface area (Å²) in [7, 11) is 0. The fourth-order valence-corrected chi connectivity index (χ4v) is 4.56. The van der Waals surface area contributed by atoms with Crippen LogP contribution >= 0.6 is 27.5 Å². The van der Waals surface area contributed by atoms with Gasteiger partial charge in [0.1, 0.15) is 0 Å². The fourth-order valence-electron chi connectivity index (χ4n) is 3.62. The lowest BCUT2D eigenvalue weighted by molar-refractivity contribution is 0.221. The van der Waals surface area contributed by atoms with Crippen LogP contribution in [-0.4, -0.2) is 5.38 Å². The molecule has 0 saturated heterocycles. The summed E-state index contributed by atoms with van der Waals surface area (Å²) >= 11 is 10.4. The predicted molar refractivity (Wildman–Crippen MR) is 87.8 cm³/mol. The average molecular weight is 344 g/mol. The van der Waals surface area contributed by atoms with Gasteiger partial charge in [-0.1, -0.05) is 54.8 Å². The van der Waals surface area contributed by atoms with E-state index in [2.05, 4.69) is 54.0 Å². The Morgan fingerprint density at radius 2 is 1.95 bits per heavy atom. The Morgan fingerprint density at radius 1 is 1.26 bits per heavy atom. The van der Waals surface area contributed by atoms with Gasteiger partial charge in [0.05, 0.1) is 0 Å². The van der Waals surface area contributed by atoms with Crippen LogP contribution in [0, 0.1) is 11.3 Å². The highest BCUT2D eigenvalue weighted by Crippen LogP contribution is 2.48. The Labute approximate surface area is 131 Å². The molecule has 106 valence electrons. The quantitative estimate of drug-likeness (QED) is 0.558. The van der Waals surface area contributed by atoms with Crippen LogP contribution in [0.15, 0.2) is 28.7 Å². The van der Waals surface area contributed by atoms with E-state index in [-0.39, 0.29) is 5.38 Å². The number of benzene rings is 1. The van der Waals surface area contributed by atoms with Crippen LogP contribution in [0.4, 0.5) is 0 Å². The molecule has 0 spiro atoms. The van der Waals surface area contributed by atoms with Crippen molar-refractivity contribution in [2.75, 3.05) is 0 Å². The highest BCUT2D eigenvalue weighted by Gasteiger charge is 2.40. The first kappa shape index (κ1) is 15.4. The van der Waals surface area contributed by atoms with E-state index < -0.39 is 0 Å². The lowest BCUT2D eigenvalue weighted by atomic mass is 9.74. The summed E-state index contributed by atoms with van der Waals surface area (Å²) in [6, 6.07) is 8.57. The van der Waals surface area contributed by atoms with Gasteiger partial charge in [0, 0.05) is 9.85 Å². The summed E-state index contributed by atoms with van der Waals surface area (Å²) in [5.74, 6) is 0.738. The van der Waals surface area contributed by atoms with E-state index in [9.17, 15) is 0 Å². The second kappa shape index (κ2) is 6.63. The summed E-state index contributed by atoms with van der Waals surface area (Å²) in [6.45, 7) is 4.64. The molecule has 1 aromatic carbocycles. The van der Waals surface area contributed by atoms with Crippen molar-refractivity contribution in [2.24, 2.45) is 11.3 Å². The lowest BCUT2D eigenvalue weighted by Gasteiger charge is -2.36. The molecular weight excluding hydrogens is 320 g/mol. The zero-order chi connectivity index (χ0) is 13.9. The Balaban J connectivity index is 2.09. The van der Waals surface area contributed by atoms with Crippen molar-refractivity contribution in [1.29, 1.82) is 0 Å². The maximum atomic E-state index is 6.86. The van der Waals surface area contributed by atoms with Crippen molar-refractivity contribution in [3.05, 3.63) is 34.3 Å². The molecule has 19 heavy (non-hydrogen) atoms. The van der Waals surface area contributed by atoms with E-state index >= 15 is 0 Å². The van der Waals surface area contributed by atoms with E-state index in [0.29, 0.717) is 5.41 Å². The van der Waals surface area contributed by atoms with Crippen LogP contribution in [0.5, 0.6) is 0 Å². The molecule has 0 aliphatic heterocycles. The van der Waals surface area contributed by atoms with Gasteiger partial charge in [0.2, 0.25) is 0 Å². The minimum Gasteiger partial charge on any atom is -0.122 e. The Kier molecular flexibility index (Phi) is 5.37. The highest BCUT2D eigenvalue weighted by molar-refractivity contribution is 9.10. The van der Waals surface area contributed by atoms with Gasteiger partial charge in [-0.2, -0.15) is 0 Å². The van der Waals surface area contributed by atoms with Crippen molar-refractivity contribution < 1.29 is 0 Å². The molecule has 1 unspecified atom stereocenters. The van der Waals surface area contributed by atoms with Gasteiger partial charge >= 0.3 is 0 Å². The predicted octanol–water partition coefficient (Wildman–Crippen LogP) is 6.21. The number of rotatable bonds is 5. The topological polar surface area (TPSA) is 0 Å². The molecule has 0 amide bonds. The van der Waals surface area contributed by atoms with Crippen LogP contribution in [0.2, 0.25) is 0 Å². The number of hydrogen-bond donors (Lipinski definition) is 0. The highest BCUT2D eigenvalue weighted by atomic mass is 79.9.